The van der Waals surface area contributed by atoms with Crippen molar-refractivity contribution in [2.24, 2.45) is 0 Å². The lowest BCUT2D eigenvalue weighted by atomic mass is 10.1. The third-order valence-corrected chi connectivity index (χ3v) is 4.32. The van der Waals surface area contributed by atoms with Crippen LogP contribution in [-0.4, -0.2) is 21.7 Å². The summed E-state index contributed by atoms with van der Waals surface area (Å²) < 4.78 is 6.22. The second kappa shape index (κ2) is 9.36. The van der Waals surface area contributed by atoms with Crippen LogP contribution in [0.1, 0.15) is 17.2 Å². The molecule has 0 unspecified atom stereocenters. The number of aromatic nitrogens is 1. The number of amides is 1. The lowest BCUT2D eigenvalue weighted by Crippen LogP contribution is -2.33. The molecule has 7 heteroatoms. The van der Waals surface area contributed by atoms with Gasteiger partial charge < -0.3 is 9.84 Å². The summed E-state index contributed by atoms with van der Waals surface area (Å²) in [6.07, 6.45) is 0.737. The molecule has 0 aliphatic heterocycles. The quantitative estimate of drug-likeness (QED) is 0.642. The Bertz CT molecular complexity index is 1030. The van der Waals surface area contributed by atoms with E-state index in [0.717, 1.165) is 15.7 Å². The second-order valence-corrected chi connectivity index (χ2v) is 6.36. The van der Waals surface area contributed by atoms with E-state index in [0.29, 0.717) is 0 Å². The molecule has 0 aliphatic rings. The van der Waals surface area contributed by atoms with Crippen molar-refractivity contribution in [1.82, 2.24) is 4.57 Å². The molecule has 1 heterocycles. The van der Waals surface area contributed by atoms with Gasteiger partial charge in [0.2, 0.25) is 0 Å². The molecule has 0 fully saturated rings. The van der Waals surface area contributed by atoms with Crippen LogP contribution in [0.15, 0.2) is 83.8 Å². The van der Waals surface area contributed by atoms with Crippen LogP contribution in [0.4, 0.5) is 10.5 Å². The lowest BCUT2D eigenvalue weighted by Gasteiger charge is -2.17. The van der Waals surface area contributed by atoms with Crippen molar-refractivity contribution in [3.05, 3.63) is 100 Å². The minimum Gasteiger partial charge on any atom is -0.480 e. The number of carboxylic acids is 1. The van der Waals surface area contributed by atoms with E-state index in [1.807, 2.05) is 36.4 Å². The molecular weight excluding hydrogens is 372 g/mol. The van der Waals surface area contributed by atoms with Crippen LogP contribution in [0.5, 0.6) is 0 Å². The Kier molecular flexibility index (Phi) is 6.42. The lowest BCUT2D eigenvalue weighted by molar-refractivity contribution is -0.141. The van der Waals surface area contributed by atoms with Gasteiger partial charge in [0.15, 0.2) is 0 Å². The Labute approximate surface area is 167 Å². The van der Waals surface area contributed by atoms with Crippen molar-refractivity contribution in [1.29, 1.82) is 0 Å². The van der Waals surface area contributed by atoms with Gasteiger partial charge in [-0.2, -0.15) is 0 Å². The van der Waals surface area contributed by atoms with E-state index < -0.39 is 23.7 Å². The van der Waals surface area contributed by atoms with Crippen LogP contribution in [0.2, 0.25) is 0 Å². The van der Waals surface area contributed by atoms with Crippen LogP contribution < -0.4 is 10.9 Å². The molecule has 0 saturated carbocycles. The maximum Gasteiger partial charge on any atom is 0.412 e. The molecule has 0 saturated heterocycles. The van der Waals surface area contributed by atoms with Crippen LogP contribution in [-0.2, 0) is 22.6 Å². The SMILES string of the molecule is O=C(Nc1cccn([C@@H](Cc2ccccc2)C(=O)O)c1=O)OCc1ccccc1. The highest BCUT2D eigenvalue weighted by Crippen LogP contribution is 2.14. The Morgan fingerprint density at radius 1 is 0.931 bits per heavy atom. The highest BCUT2D eigenvalue weighted by molar-refractivity contribution is 5.84. The monoisotopic (exact) mass is 392 g/mol. The molecule has 0 bridgehead atoms. The zero-order chi connectivity index (χ0) is 20.6. The van der Waals surface area contributed by atoms with Crippen molar-refractivity contribution < 1.29 is 19.4 Å². The summed E-state index contributed by atoms with van der Waals surface area (Å²) in [4.78, 5) is 36.6. The normalized spacial score (nSPS) is 11.4. The van der Waals surface area contributed by atoms with E-state index in [1.165, 1.54) is 18.3 Å². The summed E-state index contributed by atoms with van der Waals surface area (Å²) in [5, 5.41) is 12.0. The number of hydrogen-bond acceptors (Lipinski definition) is 4. The van der Waals surface area contributed by atoms with Crippen LogP contribution in [0.3, 0.4) is 0 Å². The summed E-state index contributed by atoms with van der Waals surface area (Å²) in [7, 11) is 0. The number of anilines is 1. The first-order valence-corrected chi connectivity index (χ1v) is 9.00. The highest BCUT2D eigenvalue weighted by atomic mass is 16.5. The smallest absolute Gasteiger partial charge is 0.412 e. The van der Waals surface area contributed by atoms with Gasteiger partial charge in [-0.25, -0.2) is 9.59 Å². The topological polar surface area (TPSA) is 97.6 Å². The Hall–Kier alpha value is -3.87. The van der Waals surface area contributed by atoms with Crippen LogP contribution >= 0.6 is 0 Å². The number of pyridine rings is 1. The molecule has 0 spiro atoms. The number of rotatable bonds is 7. The minimum atomic E-state index is -1.14. The number of benzene rings is 2. The third kappa shape index (κ3) is 5.32. The summed E-state index contributed by atoms with van der Waals surface area (Å²) in [5.41, 5.74) is 0.923. The standard InChI is InChI=1S/C22H20N2O5/c25-20-18(23-22(28)29-15-17-10-5-2-6-11-17)12-7-13-24(20)19(21(26)27)14-16-8-3-1-4-9-16/h1-13,19H,14-15H2,(H,23,28)(H,26,27)/t19-/m0/s1. The molecule has 1 atom stereocenters. The first-order chi connectivity index (χ1) is 14.0. The minimum absolute atomic E-state index is 0.0510. The average Bonchev–Trinajstić information content (AvgIpc) is 2.74. The second-order valence-electron chi connectivity index (χ2n) is 6.36. The molecule has 148 valence electrons. The van der Waals surface area contributed by atoms with Gasteiger partial charge in [0.05, 0.1) is 0 Å². The molecule has 2 aromatic carbocycles. The number of carbonyl (C=O) groups is 2. The first-order valence-electron chi connectivity index (χ1n) is 9.00. The fourth-order valence-electron chi connectivity index (χ4n) is 2.86. The summed E-state index contributed by atoms with van der Waals surface area (Å²) in [6, 6.07) is 20.0. The molecule has 0 aliphatic carbocycles. The van der Waals surface area contributed by atoms with Crippen LogP contribution in [0.25, 0.3) is 0 Å². The Balaban J connectivity index is 1.74. The van der Waals surface area contributed by atoms with Crippen molar-refractivity contribution in [2.45, 2.75) is 19.1 Å². The van der Waals surface area contributed by atoms with Gasteiger partial charge in [0.1, 0.15) is 18.3 Å². The zero-order valence-electron chi connectivity index (χ0n) is 15.5. The largest absolute Gasteiger partial charge is 0.480 e. The number of hydrogen-bond donors (Lipinski definition) is 2. The third-order valence-electron chi connectivity index (χ3n) is 4.32. The summed E-state index contributed by atoms with van der Waals surface area (Å²) >= 11 is 0. The van der Waals surface area contributed by atoms with E-state index in [2.05, 4.69) is 5.32 Å². The van der Waals surface area contributed by atoms with Crippen molar-refractivity contribution in [2.75, 3.05) is 5.32 Å². The predicted octanol–water partition coefficient (Wildman–Crippen LogP) is 3.47. The van der Waals surface area contributed by atoms with Gasteiger partial charge in [0.25, 0.3) is 5.56 Å². The van der Waals surface area contributed by atoms with Gasteiger partial charge in [-0.3, -0.25) is 14.7 Å². The van der Waals surface area contributed by atoms with E-state index in [-0.39, 0.29) is 18.7 Å². The van der Waals surface area contributed by atoms with Gasteiger partial charge in [-0.15, -0.1) is 0 Å². The maximum atomic E-state index is 12.7. The zero-order valence-corrected chi connectivity index (χ0v) is 15.5. The van der Waals surface area contributed by atoms with Gasteiger partial charge in [-0.1, -0.05) is 60.7 Å². The van der Waals surface area contributed by atoms with E-state index in [1.54, 1.807) is 24.3 Å². The van der Waals surface area contributed by atoms with E-state index >= 15 is 0 Å². The molecular formula is C22H20N2O5. The van der Waals surface area contributed by atoms with Gasteiger partial charge in [0, 0.05) is 12.6 Å². The molecule has 7 nitrogen and oxygen atoms in total. The molecule has 3 rings (SSSR count). The highest BCUT2D eigenvalue weighted by Gasteiger charge is 2.22. The number of carbonyl (C=O) groups excluding carboxylic acids is 1. The molecule has 1 aromatic heterocycles. The predicted molar refractivity (Wildman–Crippen MR) is 108 cm³/mol. The number of ether oxygens (including phenoxy) is 1. The first kappa shape index (κ1) is 19.9. The number of carboxylic acid groups (broad SMARTS) is 1. The average molecular weight is 392 g/mol. The van der Waals surface area contributed by atoms with Gasteiger partial charge in [-0.05, 0) is 23.3 Å². The molecule has 2 N–H and O–H groups in total. The maximum absolute atomic E-state index is 12.7. The number of nitrogens with zero attached hydrogens (tertiary/aromatic N) is 1. The number of nitrogens with one attached hydrogen (secondary N) is 1. The van der Waals surface area contributed by atoms with Gasteiger partial charge >= 0.3 is 12.1 Å². The fourth-order valence-corrected chi connectivity index (χ4v) is 2.86. The summed E-state index contributed by atoms with van der Waals surface area (Å²) in [5.74, 6) is -1.14. The van der Waals surface area contributed by atoms with Crippen molar-refractivity contribution >= 4 is 17.7 Å². The molecule has 0 radical (unpaired) electrons. The Morgan fingerprint density at radius 3 is 2.17 bits per heavy atom. The molecule has 1 amide bonds. The van der Waals surface area contributed by atoms with Crippen LogP contribution in [0, 0.1) is 0 Å². The number of aliphatic carboxylic acids is 1. The van der Waals surface area contributed by atoms with E-state index in [9.17, 15) is 19.5 Å². The van der Waals surface area contributed by atoms with E-state index in [4.69, 9.17) is 4.74 Å². The molecule has 3 aromatic rings. The summed E-state index contributed by atoms with van der Waals surface area (Å²) in [6.45, 7) is 0.0550. The van der Waals surface area contributed by atoms with Crippen molar-refractivity contribution in [3.63, 3.8) is 0 Å². The van der Waals surface area contributed by atoms with Crippen molar-refractivity contribution in [3.8, 4) is 0 Å². The molecule has 29 heavy (non-hydrogen) atoms. The fraction of sp³-hybridized carbons (Fsp3) is 0.136. The Morgan fingerprint density at radius 2 is 1.55 bits per heavy atom.